The molecule has 0 aliphatic heterocycles. The van der Waals surface area contributed by atoms with Gasteiger partial charge in [0.15, 0.2) is 5.13 Å². The molecule has 0 unspecified atom stereocenters. The molecular formula is C9H6BrFOS. The summed E-state index contributed by atoms with van der Waals surface area (Å²) in [5.41, 5.74) is 0.993. The lowest BCUT2D eigenvalue weighted by atomic mass is 10.1. The summed E-state index contributed by atoms with van der Waals surface area (Å²) in [7, 11) is 0. The Kier molecular flexibility index (Phi) is 2.26. The van der Waals surface area contributed by atoms with Gasteiger partial charge in [0, 0.05) is 10.7 Å². The van der Waals surface area contributed by atoms with E-state index in [2.05, 4.69) is 15.9 Å². The van der Waals surface area contributed by atoms with Crippen molar-refractivity contribution >= 4 is 37.4 Å². The van der Waals surface area contributed by atoms with Gasteiger partial charge >= 0.3 is 0 Å². The molecule has 13 heavy (non-hydrogen) atoms. The van der Waals surface area contributed by atoms with Gasteiger partial charge in [-0.05, 0) is 17.7 Å². The lowest BCUT2D eigenvalue weighted by Crippen LogP contribution is -1.77. The normalized spacial score (nSPS) is 10.9. The van der Waals surface area contributed by atoms with Crippen molar-refractivity contribution < 1.29 is 9.50 Å². The summed E-state index contributed by atoms with van der Waals surface area (Å²) in [4.78, 5) is 0. The van der Waals surface area contributed by atoms with Crippen LogP contribution in [0.25, 0.3) is 10.1 Å². The first-order valence-corrected chi connectivity index (χ1v) is 5.62. The van der Waals surface area contributed by atoms with Gasteiger partial charge in [0.05, 0.1) is 4.70 Å². The first-order valence-electron chi connectivity index (χ1n) is 3.68. The number of rotatable bonds is 1. The Morgan fingerprint density at radius 3 is 2.92 bits per heavy atom. The molecule has 4 heteroatoms. The Morgan fingerprint density at radius 2 is 2.23 bits per heavy atom. The Bertz CT molecular complexity index is 452. The number of alkyl halides is 1. The minimum atomic E-state index is -0.265. The number of thiophene rings is 1. The van der Waals surface area contributed by atoms with E-state index >= 15 is 0 Å². The summed E-state index contributed by atoms with van der Waals surface area (Å²) in [6, 6.07) is 4.84. The maximum atomic E-state index is 12.9. The van der Waals surface area contributed by atoms with Crippen molar-refractivity contribution in [3.8, 4) is 5.75 Å². The molecule has 0 amide bonds. The summed E-state index contributed by atoms with van der Waals surface area (Å²) in [5, 5.41) is 10.6. The molecule has 1 heterocycles. The lowest BCUT2D eigenvalue weighted by Gasteiger charge is -1.99. The molecule has 2 aromatic rings. The third-order valence-corrected chi connectivity index (χ3v) is 3.42. The number of hydrogen-bond donors (Lipinski definition) is 1. The second-order valence-corrected chi connectivity index (χ2v) is 4.23. The van der Waals surface area contributed by atoms with Crippen LogP contribution in [0.5, 0.6) is 5.75 Å². The van der Waals surface area contributed by atoms with Gasteiger partial charge in [-0.15, -0.1) is 11.3 Å². The molecular weight excluding hydrogens is 255 g/mol. The van der Waals surface area contributed by atoms with Gasteiger partial charge < -0.3 is 5.11 Å². The molecule has 1 nitrogen and oxygen atoms in total. The van der Waals surface area contributed by atoms with E-state index in [9.17, 15) is 9.50 Å². The van der Waals surface area contributed by atoms with Crippen LogP contribution in [0.3, 0.4) is 0 Å². The highest BCUT2D eigenvalue weighted by Gasteiger charge is 2.08. The van der Waals surface area contributed by atoms with Gasteiger partial charge in [0.1, 0.15) is 5.75 Å². The Balaban J connectivity index is 2.83. The highest BCUT2D eigenvalue weighted by Crippen LogP contribution is 2.34. The maximum Gasteiger partial charge on any atom is 0.177 e. The van der Waals surface area contributed by atoms with Crippen molar-refractivity contribution in [1.29, 1.82) is 0 Å². The van der Waals surface area contributed by atoms with Gasteiger partial charge in [-0.2, -0.15) is 4.39 Å². The molecule has 0 spiro atoms. The van der Waals surface area contributed by atoms with Gasteiger partial charge in [-0.25, -0.2) is 0 Å². The topological polar surface area (TPSA) is 20.2 Å². The minimum Gasteiger partial charge on any atom is -0.506 e. The molecule has 0 atom stereocenters. The smallest absolute Gasteiger partial charge is 0.177 e. The van der Waals surface area contributed by atoms with Crippen LogP contribution in [-0.4, -0.2) is 5.11 Å². The number of aromatic hydroxyl groups is 1. The molecule has 68 valence electrons. The van der Waals surface area contributed by atoms with Crippen LogP contribution in [0.1, 0.15) is 5.56 Å². The second kappa shape index (κ2) is 3.27. The summed E-state index contributed by atoms with van der Waals surface area (Å²) < 4.78 is 13.5. The van der Waals surface area contributed by atoms with Gasteiger partial charge in [-0.1, -0.05) is 22.0 Å². The van der Waals surface area contributed by atoms with Crippen molar-refractivity contribution in [3.05, 3.63) is 28.9 Å². The van der Waals surface area contributed by atoms with Crippen LogP contribution in [-0.2, 0) is 5.33 Å². The molecule has 1 aromatic carbocycles. The first-order chi connectivity index (χ1) is 6.22. The molecule has 1 aromatic heterocycles. The minimum absolute atomic E-state index is 0.147. The van der Waals surface area contributed by atoms with Gasteiger partial charge in [-0.3, -0.25) is 0 Å². The van der Waals surface area contributed by atoms with Crippen LogP contribution >= 0.6 is 27.3 Å². The fourth-order valence-corrected chi connectivity index (χ4v) is 2.58. The van der Waals surface area contributed by atoms with Crippen molar-refractivity contribution in [2.45, 2.75) is 5.33 Å². The highest BCUT2D eigenvalue weighted by molar-refractivity contribution is 9.08. The average molecular weight is 261 g/mol. The van der Waals surface area contributed by atoms with E-state index in [1.807, 2.05) is 0 Å². The molecule has 0 aliphatic carbocycles. The zero-order valence-electron chi connectivity index (χ0n) is 6.55. The fourth-order valence-electron chi connectivity index (χ4n) is 1.25. The fraction of sp³-hybridized carbons (Fsp3) is 0.111. The van der Waals surface area contributed by atoms with E-state index in [0.29, 0.717) is 10.0 Å². The molecule has 0 aliphatic rings. The molecule has 0 saturated carbocycles. The van der Waals surface area contributed by atoms with E-state index in [-0.39, 0.29) is 10.9 Å². The van der Waals surface area contributed by atoms with Crippen molar-refractivity contribution in [2.24, 2.45) is 0 Å². The predicted octanol–water partition coefficient (Wildman–Crippen LogP) is 3.64. The van der Waals surface area contributed by atoms with E-state index < -0.39 is 0 Å². The quantitative estimate of drug-likeness (QED) is 0.777. The lowest BCUT2D eigenvalue weighted by molar-refractivity contribution is 0.482. The van der Waals surface area contributed by atoms with Crippen molar-refractivity contribution in [1.82, 2.24) is 0 Å². The third-order valence-electron chi connectivity index (χ3n) is 1.87. The molecule has 0 fully saturated rings. The number of phenolic OH excluding ortho intramolecular Hbond substituents is 1. The molecule has 2 rings (SSSR count). The van der Waals surface area contributed by atoms with E-state index in [1.54, 1.807) is 12.1 Å². The monoisotopic (exact) mass is 260 g/mol. The number of fused-ring (bicyclic) bond motifs is 1. The second-order valence-electron chi connectivity index (χ2n) is 2.67. The van der Waals surface area contributed by atoms with Crippen LogP contribution in [0, 0.1) is 5.13 Å². The Labute approximate surface area is 86.9 Å². The van der Waals surface area contributed by atoms with E-state index in [0.717, 1.165) is 22.3 Å². The standard InChI is InChI=1S/C9H6BrFOS/c10-4-5-1-2-7(12)9-6(5)3-8(11)13-9/h1-3,12H,4H2. The number of phenols is 1. The third kappa shape index (κ3) is 1.44. The van der Waals surface area contributed by atoms with Crippen molar-refractivity contribution in [2.75, 3.05) is 0 Å². The van der Waals surface area contributed by atoms with Crippen LogP contribution in [0.4, 0.5) is 4.39 Å². The number of hydrogen-bond acceptors (Lipinski definition) is 2. The summed E-state index contributed by atoms with van der Waals surface area (Å²) in [6.07, 6.45) is 0. The average Bonchev–Trinajstić information content (AvgIpc) is 2.48. The molecule has 0 bridgehead atoms. The predicted molar refractivity (Wildman–Crippen MR) is 56.1 cm³/mol. The Morgan fingerprint density at radius 1 is 1.46 bits per heavy atom. The SMILES string of the molecule is Oc1ccc(CBr)c2cc(F)sc12. The summed E-state index contributed by atoms with van der Waals surface area (Å²) in [5.74, 6) is 0.147. The van der Waals surface area contributed by atoms with E-state index in [4.69, 9.17) is 0 Å². The summed E-state index contributed by atoms with van der Waals surface area (Å²) >= 11 is 4.28. The maximum absolute atomic E-state index is 12.9. The number of benzene rings is 1. The molecule has 1 N–H and O–H groups in total. The zero-order valence-corrected chi connectivity index (χ0v) is 8.95. The molecule has 0 saturated heterocycles. The first kappa shape index (κ1) is 8.97. The van der Waals surface area contributed by atoms with Crippen molar-refractivity contribution in [3.63, 3.8) is 0 Å². The number of halogens is 2. The largest absolute Gasteiger partial charge is 0.506 e. The Hall–Kier alpha value is -0.610. The zero-order chi connectivity index (χ0) is 9.42. The van der Waals surface area contributed by atoms with E-state index in [1.165, 1.54) is 6.07 Å². The van der Waals surface area contributed by atoms with Gasteiger partial charge in [0.2, 0.25) is 0 Å². The molecule has 0 radical (unpaired) electrons. The highest BCUT2D eigenvalue weighted by atomic mass is 79.9. The van der Waals surface area contributed by atoms with Crippen LogP contribution < -0.4 is 0 Å². The van der Waals surface area contributed by atoms with Crippen LogP contribution in [0.15, 0.2) is 18.2 Å². The summed E-state index contributed by atoms with van der Waals surface area (Å²) in [6.45, 7) is 0. The van der Waals surface area contributed by atoms with Gasteiger partial charge in [0.25, 0.3) is 0 Å². The van der Waals surface area contributed by atoms with Crippen LogP contribution in [0.2, 0.25) is 0 Å².